The molecule has 1 aliphatic carbocycles. The van der Waals surface area contributed by atoms with Gasteiger partial charge >= 0.3 is 0 Å². The smallest absolute Gasteiger partial charge is 0.142 e. The van der Waals surface area contributed by atoms with Crippen LogP contribution in [0.1, 0.15) is 16.8 Å². The number of halogens is 2. The first kappa shape index (κ1) is 26.3. The zero-order chi connectivity index (χ0) is 27.8. The first-order valence-electron chi connectivity index (χ1n) is 13.7. The Hall–Kier alpha value is -3.57. The third-order valence-electron chi connectivity index (χ3n) is 7.60. The molecular weight excluding hydrogens is 563 g/mol. The van der Waals surface area contributed by atoms with Crippen molar-refractivity contribution < 1.29 is 13.9 Å². The average molecular weight is 591 g/mol. The number of anilines is 2. The summed E-state index contributed by atoms with van der Waals surface area (Å²) in [5.41, 5.74) is 5.28. The summed E-state index contributed by atoms with van der Waals surface area (Å²) in [6, 6.07) is 11.9. The van der Waals surface area contributed by atoms with E-state index < -0.39 is 0 Å². The standard InChI is InChI=1S/C30H28ClFN6O2S/c31-24-15-21(4-7-26(24)40-17-19-2-1-3-20(32)14-19)36-29-27-22-5-6-25-23(28(22)41-30(27)34-18-33-29)16-35-38(25)9-8-37-10-12-39-13-11-37/h1-4,7,14-16,18H,5-6,8-13,17H2,(H,33,34,36). The van der Waals surface area contributed by atoms with Crippen molar-refractivity contribution >= 4 is 44.7 Å². The molecule has 5 aromatic rings. The van der Waals surface area contributed by atoms with Gasteiger partial charge in [-0.05, 0) is 54.3 Å². The van der Waals surface area contributed by atoms with Gasteiger partial charge in [-0.25, -0.2) is 14.4 Å². The zero-order valence-corrected chi connectivity index (χ0v) is 23.8. The number of benzene rings is 2. The van der Waals surface area contributed by atoms with E-state index in [0.29, 0.717) is 10.8 Å². The van der Waals surface area contributed by atoms with Gasteiger partial charge in [-0.15, -0.1) is 11.3 Å². The number of hydrogen-bond donors (Lipinski definition) is 1. The number of hydrogen-bond acceptors (Lipinski definition) is 8. The van der Waals surface area contributed by atoms with Crippen molar-refractivity contribution in [2.75, 3.05) is 38.2 Å². The van der Waals surface area contributed by atoms with Crippen molar-refractivity contribution in [1.29, 1.82) is 0 Å². The molecule has 41 heavy (non-hydrogen) atoms. The third kappa shape index (κ3) is 5.40. The van der Waals surface area contributed by atoms with E-state index in [9.17, 15) is 4.39 Å². The van der Waals surface area contributed by atoms with Gasteiger partial charge in [0, 0.05) is 41.5 Å². The Labute approximate surface area is 245 Å². The van der Waals surface area contributed by atoms with Crippen molar-refractivity contribution in [3.8, 4) is 16.2 Å². The van der Waals surface area contributed by atoms with Gasteiger partial charge in [-0.1, -0.05) is 23.7 Å². The molecular formula is C30H28ClFN6O2S. The number of nitrogens with one attached hydrogen (secondary N) is 1. The molecule has 0 bridgehead atoms. The highest BCUT2D eigenvalue weighted by atomic mass is 35.5. The lowest BCUT2D eigenvalue weighted by atomic mass is 9.95. The summed E-state index contributed by atoms with van der Waals surface area (Å²) in [5, 5.41) is 9.71. The zero-order valence-electron chi connectivity index (χ0n) is 22.3. The number of morpholine rings is 1. The molecule has 4 heterocycles. The lowest BCUT2D eigenvalue weighted by molar-refractivity contribution is 0.0359. The molecule has 1 fully saturated rings. The number of fused-ring (bicyclic) bond motifs is 5. The van der Waals surface area contributed by atoms with E-state index in [1.54, 1.807) is 23.7 Å². The van der Waals surface area contributed by atoms with Crippen LogP contribution in [0, 0.1) is 5.82 Å². The first-order valence-corrected chi connectivity index (χ1v) is 14.9. The maximum absolute atomic E-state index is 13.5. The Kier molecular flexibility index (Phi) is 7.30. The molecule has 1 aliphatic heterocycles. The summed E-state index contributed by atoms with van der Waals surface area (Å²) in [6.07, 6.45) is 5.43. The molecule has 2 aromatic carbocycles. The maximum Gasteiger partial charge on any atom is 0.142 e. The summed E-state index contributed by atoms with van der Waals surface area (Å²) < 4.78 is 27.0. The summed E-state index contributed by atoms with van der Waals surface area (Å²) in [7, 11) is 0. The molecule has 7 rings (SSSR count). The Morgan fingerprint density at radius 1 is 1.07 bits per heavy atom. The molecule has 2 aliphatic rings. The number of nitrogens with zero attached hydrogens (tertiary/aromatic N) is 5. The van der Waals surface area contributed by atoms with Crippen LogP contribution in [0.3, 0.4) is 0 Å². The van der Waals surface area contributed by atoms with Gasteiger partial charge in [0.1, 0.15) is 35.1 Å². The molecule has 8 nitrogen and oxygen atoms in total. The molecule has 1 N–H and O–H groups in total. The van der Waals surface area contributed by atoms with E-state index in [2.05, 4.69) is 24.9 Å². The van der Waals surface area contributed by atoms with Gasteiger partial charge < -0.3 is 14.8 Å². The van der Waals surface area contributed by atoms with Crippen LogP contribution >= 0.6 is 22.9 Å². The van der Waals surface area contributed by atoms with Gasteiger partial charge in [-0.3, -0.25) is 9.58 Å². The molecule has 11 heteroatoms. The van der Waals surface area contributed by atoms with Crippen LogP contribution in [0.15, 0.2) is 55.0 Å². The normalized spacial score (nSPS) is 15.1. The van der Waals surface area contributed by atoms with Crippen LogP contribution in [0.5, 0.6) is 5.75 Å². The highest BCUT2D eigenvalue weighted by Crippen LogP contribution is 2.45. The number of thiophene rings is 1. The van der Waals surface area contributed by atoms with E-state index in [0.717, 1.165) is 79.5 Å². The largest absolute Gasteiger partial charge is 0.487 e. The number of ether oxygens (including phenoxy) is 2. The van der Waals surface area contributed by atoms with Crippen LogP contribution in [-0.2, 0) is 30.7 Å². The van der Waals surface area contributed by atoms with Gasteiger partial charge in [0.05, 0.1) is 36.4 Å². The lowest BCUT2D eigenvalue weighted by Crippen LogP contribution is -2.38. The van der Waals surface area contributed by atoms with Crippen molar-refractivity contribution in [3.63, 3.8) is 0 Å². The minimum Gasteiger partial charge on any atom is -0.487 e. The number of rotatable bonds is 8. The fourth-order valence-corrected chi connectivity index (χ4v) is 6.98. The van der Waals surface area contributed by atoms with Gasteiger partial charge in [0.2, 0.25) is 0 Å². The van der Waals surface area contributed by atoms with Crippen molar-refractivity contribution in [2.45, 2.75) is 26.0 Å². The lowest BCUT2D eigenvalue weighted by Gasteiger charge is -2.26. The molecule has 0 atom stereocenters. The predicted molar refractivity (Wildman–Crippen MR) is 159 cm³/mol. The highest BCUT2D eigenvalue weighted by molar-refractivity contribution is 7.22. The summed E-state index contributed by atoms with van der Waals surface area (Å²) in [5.74, 6) is 0.984. The molecule has 0 radical (unpaired) electrons. The molecule has 0 amide bonds. The van der Waals surface area contributed by atoms with E-state index in [4.69, 9.17) is 26.2 Å². The maximum atomic E-state index is 13.5. The fraction of sp³-hybridized carbons (Fsp3) is 0.300. The van der Waals surface area contributed by atoms with Gasteiger partial charge in [0.15, 0.2) is 0 Å². The number of aryl methyl sites for hydroxylation is 1. The van der Waals surface area contributed by atoms with Crippen LogP contribution < -0.4 is 10.1 Å². The van der Waals surface area contributed by atoms with Gasteiger partial charge in [-0.2, -0.15) is 5.10 Å². The highest BCUT2D eigenvalue weighted by Gasteiger charge is 2.27. The number of aromatic nitrogens is 4. The molecule has 1 saturated heterocycles. The minimum atomic E-state index is -0.294. The van der Waals surface area contributed by atoms with E-state index >= 15 is 0 Å². The summed E-state index contributed by atoms with van der Waals surface area (Å²) in [4.78, 5) is 13.8. The second-order valence-corrected chi connectivity index (χ2v) is 11.6. The summed E-state index contributed by atoms with van der Waals surface area (Å²) >= 11 is 8.24. The van der Waals surface area contributed by atoms with Gasteiger partial charge in [0.25, 0.3) is 0 Å². The monoisotopic (exact) mass is 590 g/mol. The topological polar surface area (TPSA) is 77.3 Å². The molecule has 210 valence electrons. The van der Waals surface area contributed by atoms with Crippen LogP contribution in [0.2, 0.25) is 5.02 Å². The fourth-order valence-electron chi connectivity index (χ4n) is 5.52. The third-order valence-corrected chi connectivity index (χ3v) is 9.07. The summed E-state index contributed by atoms with van der Waals surface area (Å²) in [6.45, 7) is 5.66. The molecule has 0 saturated carbocycles. The Morgan fingerprint density at radius 3 is 2.83 bits per heavy atom. The first-order chi connectivity index (χ1) is 20.1. The van der Waals surface area contributed by atoms with E-state index in [-0.39, 0.29) is 12.4 Å². The van der Waals surface area contributed by atoms with Crippen LogP contribution in [-0.4, -0.2) is 57.5 Å². The second kappa shape index (κ2) is 11.4. The van der Waals surface area contributed by atoms with Crippen molar-refractivity contribution in [3.05, 3.63) is 82.6 Å². The Balaban J connectivity index is 1.10. The quantitative estimate of drug-likeness (QED) is 0.234. The SMILES string of the molecule is Fc1cccc(COc2ccc(Nc3ncnc4sc5c(c34)CCc3c-5cnn3CCN3CCOCC3)cc2Cl)c1. The average Bonchev–Trinajstić information content (AvgIpc) is 3.58. The van der Waals surface area contributed by atoms with Crippen LogP contribution in [0.25, 0.3) is 20.7 Å². The van der Waals surface area contributed by atoms with E-state index in [1.165, 1.54) is 33.8 Å². The Bertz CT molecular complexity index is 1720. The van der Waals surface area contributed by atoms with Crippen molar-refractivity contribution in [2.24, 2.45) is 0 Å². The second-order valence-electron chi connectivity index (χ2n) is 10.2. The van der Waals surface area contributed by atoms with E-state index in [1.807, 2.05) is 30.5 Å². The predicted octanol–water partition coefficient (Wildman–Crippen LogP) is 6.10. The van der Waals surface area contributed by atoms with Crippen molar-refractivity contribution in [1.82, 2.24) is 24.6 Å². The Morgan fingerprint density at radius 2 is 1.98 bits per heavy atom. The molecule has 0 spiro atoms. The molecule has 3 aromatic heterocycles. The minimum absolute atomic E-state index is 0.226. The molecule has 0 unspecified atom stereocenters. The van der Waals surface area contributed by atoms with Crippen LogP contribution in [0.4, 0.5) is 15.9 Å².